The molecule has 0 amide bonds. The molecule has 0 atom stereocenters. The van der Waals surface area contributed by atoms with E-state index < -0.39 is 15.4 Å². The SMILES string of the molecule is COc1ccccc1P(c1ccccc1OC)c1ccccc1P(N)(N)=O. The number of para-hydroxylation sites is 2. The Hall–Kier alpha value is -2.16. The third-order valence-corrected chi connectivity index (χ3v) is 8.05. The lowest BCUT2D eigenvalue weighted by atomic mass is 10.3. The predicted octanol–water partition coefficient (Wildman–Crippen LogP) is 2.20. The number of hydrogen-bond acceptors (Lipinski definition) is 3. The molecule has 3 rings (SSSR count). The van der Waals surface area contributed by atoms with Gasteiger partial charge < -0.3 is 9.47 Å². The average Bonchev–Trinajstić information content (AvgIpc) is 2.68. The van der Waals surface area contributed by atoms with Crippen LogP contribution in [0.15, 0.2) is 72.8 Å². The van der Waals surface area contributed by atoms with Crippen LogP contribution in [-0.2, 0) is 4.57 Å². The minimum atomic E-state index is -3.46. The summed E-state index contributed by atoms with van der Waals surface area (Å²) in [5.74, 6) is 1.49. The van der Waals surface area contributed by atoms with Crippen molar-refractivity contribution in [2.45, 2.75) is 0 Å². The van der Waals surface area contributed by atoms with Crippen molar-refractivity contribution in [3.63, 3.8) is 0 Å². The second-order valence-corrected chi connectivity index (χ2v) is 9.89. The minimum Gasteiger partial charge on any atom is -0.496 e. The molecule has 0 unspecified atom stereocenters. The Balaban J connectivity index is 2.35. The van der Waals surface area contributed by atoms with E-state index in [0.29, 0.717) is 5.30 Å². The molecule has 140 valence electrons. The zero-order valence-corrected chi connectivity index (χ0v) is 17.0. The predicted molar refractivity (Wildman–Crippen MR) is 114 cm³/mol. The molecule has 5 nitrogen and oxygen atoms in total. The molecule has 0 aliphatic rings. The van der Waals surface area contributed by atoms with E-state index >= 15 is 0 Å². The van der Waals surface area contributed by atoms with Gasteiger partial charge >= 0.3 is 0 Å². The molecule has 0 radical (unpaired) electrons. The molecule has 0 spiro atoms. The third kappa shape index (κ3) is 4.07. The lowest BCUT2D eigenvalue weighted by Crippen LogP contribution is -2.35. The summed E-state index contributed by atoms with van der Waals surface area (Å²) in [6, 6.07) is 22.9. The number of rotatable bonds is 6. The maximum Gasteiger partial charge on any atom is 0.236 e. The topological polar surface area (TPSA) is 87.6 Å². The highest BCUT2D eigenvalue weighted by Gasteiger charge is 2.28. The first-order valence-electron chi connectivity index (χ1n) is 8.30. The molecule has 0 aromatic heterocycles. The van der Waals surface area contributed by atoms with Crippen LogP contribution in [0.25, 0.3) is 0 Å². The zero-order valence-electron chi connectivity index (χ0n) is 15.2. The van der Waals surface area contributed by atoms with E-state index in [0.717, 1.165) is 27.4 Å². The van der Waals surface area contributed by atoms with E-state index in [1.807, 2.05) is 60.7 Å². The van der Waals surface area contributed by atoms with Gasteiger partial charge in [0.05, 0.1) is 14.2 Å². The van der Waals surface area contributed by atoms with Gasteiger partial charge in [0, 0.05) is 15.9 Å². The Bertz CT molecular complexity index is 941. The van der Waals surface area contributed by atoms with Crippen LogP contribution in [0.2, 0.25) is 0 Å². The van der Waals surface area contributed by atoms with Gasteiger partial charge in [-0.25, -0.2) is 0 Å². The summed E-state index contributed by atoms with van der Waals surface area (Å²) in [6.07, 6.45) is 0. The summed E-state index contributed by atoms with van der Waals surface area (Å²) in [4.78, 5) is 0. The van der Waals surface area contributed by atoms with Gasteiger partial charge in [0.15, 0.2) is 0 Å². The molecule has 27 heavy (non-hydrogen) atoms. The third-order valence-electron chi connectivity index (χ3n) is 4.15. The summed E-state index contributed by atoms with van der Waals surface area (Å²) in [6.45, 7) is 0. The van der Waals surface area contributed by atoms with Gasteiger partial charge in [-0.05, 0) is 31.4 Å². The van der Waals surface area contributed by atoms with Crippen LogP contribution >= 0.6 is 15.4 Å². The second-order valence-electron chi connectivity index (χ2n) is 5.88. The fourth-order valence-electron chi connectivity index (χ4n) is 2.97. The Morgan fingerprint density at radius 2 is 1.11 bits per heavy atom. The lowest BCUT2D eigenvalue weighted by molar-refractivity contribution is 0.417. The smallest absolute Gasteiger partial charge is 0.236 e. The molecule has 0 heterocycles. The van der Waals surface area contributed by atoms with Crippen molar-refractivity contribution in [1.29, 1.82) is 0 Å². The van der Waals surface area contributed by atoms with Crippen molar-refractivity contribution in [2.24, 2.45) is 11.0 Å². The van der Waals surface area contributed by atoms with E-state index in [4.69, 9.17) is 20.5 Å². The van der Waals surface area contributed by atoms with Crippen LogP contribution in [-0.4, -0.2) is 14.2 Å². The van der Waals surface area contributed by atoms with Crippen LogP contribution in [0.4, 0.5) is 0 Å². The molecule has 0 saturated heterocycles. The second kappa shape index (κ2) is 8.24. The highest BCUT2D eigenvalue weighted by atomic mass is 31.2. The fraction of sp³-hybridized carbons (Fsp3) is 0.100. The maximum atomic E-state index is 12.6. The van der Waals surface area contributed by atoms with Crippen LogP contribution < -0.4 is 41.7 Å². The number of hydrogen-bond donors (Lipinski definition) is 2. The first-order valence-corrected chi connectivity index (χ1v) is 11.5. The summed E-state index contributed by atoms with van der Waals surface area (Å²) in [7, 11) is -1.36. The molecule has 0 saturated carbocycles. The van der Waals surface area contributed by atoms with Crippen LogP contribution in [0.5, 0.6) is 11.5 Å². The summed E-state index contributed by atoms with van der Waals surface area (Å²) in [5.41, 5.74) is 11.7. The van der Waals surface area contributed by atoms with Gasteiger partial charge in [-0.2, -0.15) is 0 Å². The standard InChI is InChI=1S/C20H22N2O3P2/c1-24-15-9-3-5-11-17(15)26(18-12-6-4-10-16(18)25-2)19-13-7-8-14-20(19)27(21,22)23/h3-14H,1-2H3,(H4,21,22,23). The molecule has 0 bridgehead atoms. The van der Waals surface area contributed by atoms with Crippen molar-refractivity contribution in [1.82, 2.24) is 0 Å². The highest BCUT2D eigenvalue weighted by molar-refractivity contribution is 7.82. The van der Waals surface area contributed by atoms with Gasteiger partial charge in [0.1, 0.15) is 11.5 Å². The van der Waals surface area contributed by atoms with E-state index in [1.165, 1.54) is 0 Å². The molecule has 3 aromatic carbocycles. The Labute approximate surface area is 160 Å². The Morgan fingerprint density at radius 1 is 0.704 bits per heavy atom. The van der Waals surface area contributed by atoms with Crippen LogP contribution in [0, 0.1) is 0 Å². The van der Waals surface area contributed by atoms with E-state index in [9.17, 15) is 4.57 Å². The molecule has 3 aromatic rings. The summed E-state index contributed by atoms with van der Waals surface area (Å²) < 4.78 is 23.8. The molecule has 0 aliphatic carbocycles. The summed E-state index contributed by atoms with van der Waals surface area (Å²) >= 11 is 0. The monoisotopic (exact) mass is 400 g/mol. The highest BCUT2D eigenvalue weighted by Crippen LogP contribution is 2.41. The van der Waals surface area contributed by atoms with E-state index in [-0.39, 0.29) is 0 Å². The quantitative estimate of drug-likeness (QED) is 0.620. The fourth-order valence-corrected chi connectivity index (χ4v) is 7.05. The molecular formula is C20H22N2O3P2. The normalized spacial score (nSPS) is 11.4. The van der Waals surface area contributed by atoms with Crippen molar-refractivity contribution in [3.8, 4) is 11.5 Å². The minimum absolute atomic E-state index is 0.466. The molecule has 0 aliphatic heterocycles. The van der Waals surface area contributed by atoms with E-state index in [2.05, 4.69) is 0 Å². The van der Waals surface area contributed by atoms with Gasteiger partial charge in [-0.3, -0.25) is 15.6 Å². The molecule has 7 heteroatoms. The van der Waals surface area contributed by atoms with E-state index in [1.54, 1.807) is 26.4 Å². The van der Waals surface area contributed by atoms with Gasteiger partial charge in [0.25, 0.3) is 0 Å². The van der Waals surface area contributed by atoms with Crippen molar-refractivity contribution >= 4 is 36.6 Å². The number of methoxy groups -OCH3 is 2. The molecule has 0 fully saturated rings. The molecular weight excluding hydrogens is 378 g/mol. The van der Waals surface area contributed by atoms with Gasteiger partial charge in [0.2, 0.25) is 7.44 Å². The average molecular weight is 400 g/mol. The van der Waals surface area contributed by atoms with Crippen LogP contribution in [0.1, 0.15) is 0 Å². The van der Waals surface area contributed by atoms with Crippen molar-refractivity contribution in [2.75, 3.05) is 14.2 Å². The number of ether oxygens (including phenoxy) is 2. The van der Waals surface area contributed by atoms with Crippen LogP contribution in [0.3, 0.4) is 0 Å². The Morgan fingerprint density at radius 3 is 1.56 bits per heavy atom. The van der Waals surface area contributed by atoms with Gasteiger partial charge in [-0.15, -0.1) is 0 Å². The van der Waals surface area contributed by atoms with Crippen molar-refractivity contribution < 1.29 is 14.0 Å². The number of benzene rings is 3. The first-order chi connectivity index (χ1) is 13.0. The number of nitrogens with two attached hydrogens (primary N) is 2. The Kier molecular flexibility index (Phi) is 5.98. The largest absolute Gasteiger partial charge is 0.496 e. The lowest BCUT2D eigenvalue weighted by Gasteiger charge is -2.26. The first kappa shape index (κ1) is 19.6. The van der Waals surface area contributed by atoms with Crippen molar-refractivity contribution in [3.05, 3.63) is 72.8 Å². The summed E-state index contributed by atoms with van der Waals surface area (Å²) in [5, 5.41) is 3.24. The maximum absolute atomic E-state index is 12.6. The van der Waals surface area contributed by atoms with Gasteiger partial charge in [-0.1, -0.05) is 54.6 Å². The molecule has 4 N–H and O–H groups in total. The zero-order chi connectivity index (χ0) is 19.4.